The molecule has 4 nitrogen and oxygen atoms in total. The third-order valence-electron chi connectivity index (χ3n) is 11.0. The van der Waals surface area contributed by atoms with Gasteiger partial charge in [-0.25, -0.2) is 0 Å². The van der Waals surface area contributed by atoms with E-state index in [1.54, 1.807) is 0 Å². The zero-order valence-electron chi connectivity index (χ0n) is 34.0. The standard InChI is InChI=1S/C48H80N2O2/c1-3-5-7-9-11-13-15-17-19-21-23-25-27-29-31-33-38-48(39-34-32-30-28-26-24-22-20-18-16-14-12-10-8-6-4-2)51-46-43-50(44-47(46)52-48)41-37-45-36-35-40-49-42-45/h11-14,17-20,35-36,40,42,46-47H,3-10,15-16,21-34,37-39,41,43-44H2,1-2H3/t46-,47-/m1/s1. The Hall–Kier alpha value is -2.01. The molecule has 294 valence electrons. The molecule has 52 heavy (non-hydrogen) atoms. The third-order valence-corrected chi connectivity index (χ3v) is 11.0. The van der Waals surface area contributed by atoms with E-state index in [-0.39, 0.29) is 18.0 Å². The fourth-order valence-electron chi connectivity index (χ4n) is 7.77. The van der Waals surface area contributed by atoms with Crippen molar-refractivity contribution in [2.24, 2.45) is 0 Å². The van der Waals surface area contributed by atoms with Crippen LogP contribution in [0, 0.1) is 0 Å². The number of unbranched alkanes of at least 4 members (excludes halogenated alkanes) is 18. The highest BCUT2D eigenvalue weighted by atomic mass is 16.8. The van der Waals surface area contributed by atoms with Gasteiger partial charge in [-0.15, -0.1) is 0 Å². The molecular weight excluding hydrogens is 637 g/mol. The second kappa shape index (κ2) is 30.3. The quantitative estimate of drug-likeness (QED) is 0.0536. The Morgan fingerprint density at radius 1 is 0.596 bits per heavy atom. The van der Waals surface area contributed by atoms with E-state index in [1.165, 1.54) is 147 Å². The molecule has 0 amide bonds. The molecule has 0 saturated carbocycles. The number of likely N-dealkylation sites (tertiary alicyclic amines) is 1. The Morgan fingerprint density at radius 3 is 1.48 bits per heavy atom. The molecular formula is C48H80N2O2. The summed E-state index contributed by atoms with van der Waals surface area (Å²) in [6.07, 6.45) is 57.2. The summed E-state index contributed by atoms with van der Waals surface area (Å²) in [4.78, 5) is 6.83. The van der Waals surface area contributed by atoms with E-state index in [9.17, 15) is 0 Å². The van der Waals surface area contributed by atoms with Crippen LogP contribution in [0.2, 0.25) is 0 Å². The third kappa shape index (κ3) is 21.0. The smallest absolute Gasteiger partial charge is 0.169 e. The molecule has 1 aromatic rings. The maximum absolute atomic E-state index is 6.90. The summed E-state index contributed by atoms with van der Waals surface area (Å²) < 4.78 is 13.8. The van der Waals surface area contributed by atoms with Crippen molar-refractivity contribution in [1.82, 2.24) is 9.88 Å². The SMILES string of the molecule is CCCCCC=CCC=CCCCCCCCCC1(CCCCCCCCC=CCC=CCCCCC)O[C@@H]2CN(CCc3cccnc3)C[C@H]2O1. The van der Waals surface area contributed by atoms with Gasteiger partial charge in [-0.2, -0.15) is 0 Å². The van der Waals surface area contributed by atoms with Gasteiger partial charge in [0.05, 0.1) is 0 Å². The van der Waals surface area contributed by atoms with Crippen molar-refractivity contribution in [3.8, 4) is 0 Å². The number of allylic oxidation sites excluding steroid dienone is 8. The van der Waals surface area contributed by atoms with Crippen LogP contribution >= 0.6 is 0 Å². The molecule has 2 atom stereocenters. The number of fused-ring (bicyclic) bond motifs is 1. The van der Waals surface area contributed by atoms with Crippen LogP contribution in [-0.4, -0.2) is 47.5 Å². The van der Waals surface area contributed by atoms with Gasteiger partial charge in [0.2, 0.25) is 0 Å². The minimum atomic E-state index is -0.352. The molecule has 4 heteroatoms. The maximum atomic E-state index is 6.90. The van der Waals surface area contributed by atoms with E-state index in [4.69, 9.17) is 9.47 Å². The number of aromatic nitrogens is 1. The molecule has 1 aromatic heterocycles. The maximum Gasteiger partial charge on any atom is 0.169 e. The lowest BCUT2D eigenvalue weighted by molar-refractivity contribution is -0.193. The Bertz CT molecular complexity index is 1020. The predicted octanol–water partition coefficient (Wildman–Crippen LogP) is 13.8. The van der Waals surface area contributed by atoms with Gasteiger partial charge in [0.25, 0.3) is 0 Å². The summed E-state index contributed by atoms with van der Waals surface area (Å²) in [6.45, 7) is 7.59. The van der Waals surface area contributed by atoms with Gasteiger partial charge in [0.15, 0.2) is 5.79 Å². The molecule has 2 saturated heterocycles. The van der Waals surface area contributed by atoms with Gasteiger partial charge in [-0.3, -0.25) is 9.88 Å². The number of nitrogens with zero attached hydrogens (tertiary/aromatic N) is 2. The second-order valence-electron chi connectivity index (χ2n) is 15.8. The molecule has 0 radical (unpaired) electrons. The van der Waals surface area contributed by atoms with Crippen molar-refractivity contribution in [1.29, 1.82) is 0 Å². The molecule has 2 aliphatic heterocycles. The first-order valence-corrected chi connectivity index (χ1v) is 22.3. The molecule has 3 rings (SSSR count). The molecule has 0 aliphatic carbocycles. The highest BCUT2D eigenvalue weighted by Gasteiger charge is 2.50. The lowest BCUT2D eigenvalue weighted by Crippen LogP contribution is -2.36. The predicted molar refractivity (Wildman–Crippen MR) is 225 cm³/mol. The first-order chi connectivity index (χ1) is 25.7. The second-order valence-corrected chi connectivity index (χ2v) is 15.8. The number of pyridine rings is 1. The summed E-state index contributed by atoms with van der Waals surface area (Å²) in [7, 11) is 0. The molecule has 0 unspecified atom stereocenters. The van der Waals surface area contributed by atoms with E-state index in [0.29, 0.717) is 0 Å². The van der Waals surface area contributed by atoms with Gasteiger partial charge in [0, 0.05) is 44.9 Å². The van der Waals surface area contributed by atoms with Crippen LogP contribution in [0.5, 0.6) is 0 Å². The van der Waals surface area contributed by atoms with Gasteiger partial charge in [-0.05, 0) is 95.1 Å². The summed E-state index contributed by atoms with van der Waals surface area (Å²) in [5, 5.41) is 0. The average Bonchev–Trinajstić information content (AvgIpc) is 3.70. The lowest BCUT2D eigenvalue weighted by Gasteiger charge is -2.31. The van der Waals surface area contributed by atoms with Crippen LogP contribution in [0.25, 0.3) is 0 Å². The van der Waals surface area contributed by atoms with E-state index >= 15 is 0 Å². The molecule has 0 spiro atoms. The van der Waals surface area contributed by atoms with Gasteiger partial charge in [-0.1, -0.05) is 146 Å². The summed E-state index contributed by atoms with van der Waals surface area (Å²) in [6, 6.07) is 4.22. The zero-order valence-corrected chi connectivity index (χ0v) is 34.0. The highest BCUT2D eigenvalue weighted by molar-refractivity contribution is 5.09. The molecule has 0 N–H and O–H groups in total. The lowest BCUT2D eigenvalue weighted by atomic mass is 9.98. The van der Waals surface area contributed by atoms with Crippen LogP contribution in [0.3, 0.4) is 0 Å². The molecule has 0 bridgehead atoms. The number of hydrogen-bond donors (Lipinski definition) is 0. The van der Waals surface area contributed by atoms with Crippen molar-refractivity contribution in [3.05, 3.63) is 78.7 Å². The fourth-order valence-corrected chi connectivity index (χ4v) is 7.77. The van der Waals surface area contributed by atoms with Crippen molar-refractivity contribution in [2.45, 2.75) is 205 Å². The van der Waals surface area contributed by atoms with Crippen LogP contribution in [0.1, 0.15) is 186 Å². The first-order valence-electron chi connectivity index (χ1n) is 22.3. The van der Waals surface area contributed by atoms with Crippen molar-refractivity contribution >= 4 is 0 Å². The van der Waals surface area contributed by atoms with Crippen molar-refractivity contribution < 1.29 is 9.47 Å². The topological polar surface area (TPSA) is 34.6 Å². The molecule has 2 fully saturated rings. The molecule has 0 aromatic carbocycles. The monoisotopic (exact) mass is 717 g/mol. The summed E-state index contributed by atoms with van der Waals surface area (Å²) in [5.74, 6) is -0.352. The fraction of sp³-hybridized carbons (Fsp3) is 0.729. The number of rotatable bonds is 33. The Balaban J connectivity index is 1.28. The highest BCUT2D eigenvalue weighted by Crippen LogP contribution is 2.40. The van der Waals surface area contributed by atoms with E-state index in [2.05, 4.69) is 78.4 Å². The van der Waals surface area contributed by atoms with Crippen LogP contribution in [0.15, 0.2) is 73.1 Å². The van der Waals surface area contributed by atoms with Crippen LogP contribution in [0.4, 0.5) is 0 Å². The van der Waals surface area contributed by atoms with Gasteiger partial charge in [0.1, 0.15) is 12.2 Å². The van der Waals surface area contributed by atoms with E-state index in [0.717, 1.165) is 51.7 Å². The molecule has 2 aliphatic rings. The number of ether oxygens (including phenoxy) is 2. The van der Waals surface area contributed by atoms with Crippen LogP contribution in [-0.2, 0) is 15.9 Å². The Morgan fingerprint density at radius 2 is 1.04 bits per heavy atom. The van der Waals surface area contributed by atoms with Crippen LogP contribution < -0.4 is 0 Å². The zero-order chi connectivity index (χ0) is 36.6. The summed E-state index contributed by atoms with van der Waals surface area (Å²) in [5.41, 5.74) is 1.31. The minimum Gasteiger partial charge on any atom is -0.343 e. The first kappa shape index (κ1) is 44.4. The van der Waals surface area contributed by atoms with Crippen molar-refractivity contribution in [2.75, 3.05) is 19.6 Å². The Kier molecular flexibility index (Phi) is 25.9. The van der Waals surface area contributed by atoms with E-state index in [1.807, 2.05) is 18.5 Å². The van der Waals surface area contributed by atoms with Crippen molar-refractivity contribution in [3.63, 3.8) is 0 Å². The minimum absolute atomic E-state index is 0.225. The molecule has 3 heterocycles. The largest absolute Gasteiger partial charge is 0.343 e. The van der Waals surface area contributed by atoms with Gasteiger partial charge < -0.3 is 9.47 Å². The Labute approximate surface area is 322 Å². The normalized spacial score (nSPS) is 19.0. The van der Waals surface area contributed by atoms with Gasteiger partial charge >= 0.3 is 0 Å². The van der Waals surface area contributed by atoms with E-state index < -0.39 is 0 Å². The average molecular weight is 717 g/mol. The summed E-state index contributed by atoms with van der Waals surface area (Å²) >= 11 is 0. The number of hydrogen-bond acceptors (Lipinski definition) is 4.